The van der Waals surface area contributed by atoms with E-state index in [4.69, 9.17) is 5.73 Å². The van der Waals surface area contributed by atoms with Crippen molar-refractivity contribution in [2.75, 3.05) is 19.3 Å². The van der Waals surface area contributed by atoms with E-state index in [1.807, 2.05) is 18.2 Å². The highest BCUT2D eigenvalue weighted by molar-refractivity contribution is 5.46. The highest BCUT2D eigenvalue weighted by Gasteiger charge is 2.26. The van der Waals surface area contributed by atoms with Crippen molar-refractivity contribution in [2.45, 2.75) is 18.9 Å². The van der Waals surface area contributed by atoms with Gasteiger partial charge in [0, 0.05) is 0 Å². The lowest BCUT2D eigenvalue weighted by Gasteiger charge is -2.15. The van der Waals surface area contributed by atoms with Crippen LogP contribution in [0.5, 0.6) is 0 Å². The van der Waals surface area contributed by atoms with E-state index in [-0.39, 0.29) is 0 Å². The summed E-state index contributed by atoms with van der Waals surface area (Å²) in [7, 11) is 2.12. The van der Waals surface area contributed by atoms with E-state index in [0.29, 0.717) is 11.9 Å². The van der Waals surface area contributed by atoms with E-state index in [1.54, 1.807) is 4.52 Å². The molecule has 1 aliphatic rings. The minimum absolute atomic E-state index is 0.347. The summed E-state index contributed by atoms with van der Waals surface area (Å²) < 4.78 is 1.71. The largest absolute Gasteiger partial charge is 0.384 e. The first kappa shape index (κ1) is 9.59. The fourth-order valence-corrected chi connectivity index (χ4v) is 2.32. The molecule has 2 N–H and O–H groups in total. The van der Waals surface area contributed by atoms with Gasteiger partial charge in [0.05, 0.1) is 6.04 Å². The first-order valence-corrected chi connectivity index (χ1v) is 5.57. The molecule has 1 unspecified atom stereocenters. The van der Waals surface area contributed by atoms with Crippen LogP contribution in [0.15, 0.2) is 18.2 Å². The summed E-state index contributed by atoms with van der Waals surface area (Å²) in [5, 5.41) is 4.48. The summed E-state index contributed by atoms with van der Waals surface area (Å²) in [5.41, 5.74) is 6.68. The lowest BCUT2D eigenvalue weighted by atomic mass is 10.2. The second kappa shape index (κ2) is 3.45. The molecule has 1 fully saturated rings. The molecule has 0 saturated carbocycles. The SMILES string of the molecule is CN1CCCC1c1nc2cccc(N)n2n1. The summed E-state index contributed by atoms with van der Waals surface area (Å²) in [4.78, 5) is 6.83. The van der Waals surface area contributed by atoms with Crippen LogP contribution in [0.3, 0.4) is 0 Å². The number of fused-ring (bicyclic) bond motifs is 1. The Labute approximate surface area is 93.9 Å². The Morgan fingerprint density at radius 3 is 3.00 bits per heavy atom. The summed E-state index contributed by atoms with van der Waals surface area (Å²) in [5.74, 6) is 1.52. The maximum absolute atomic E-state index is 5.85. The molecule has 0 aromatic carbocycles. The third-order valence-electron chi connectivity index (χ3n) is 3.22. The lowest BCUT2D eigenvalue weighted by Crippen LogP contribution is -2.18. The quantitative estimate of drug-likeness (QED) is 0.776. The highest BCUT2D eigenvalue weighted by Crippen LogP contribution is 2.28. The normalized spacial score (nSPS) is 21.9. The third kappa shape index (κ3) is 1.36. The van der Waals surface area contributed by atoms with Gasteiger partial charge >= 0.3 is 0 Å². The predicted octanol–water partition coefficient (Wildman–Crippen LogP) is 1.08. The number of nitrogens with two attached hydrogens (primary N) is 1. The molecule has 3 rings (SSSR count). The van der Waals surface area contributed by atoms with Gasteiger partial charge < -0.3 is 5.73 Å². The van der Waals surface area contributed by atoms with Crippen LogP contribution in [-0.4, -0.2) is 33.1 Å². The highest BCUT2D eigenvalue weighted by atomic mass is 15.3. The van der Waals surface area contributed by atoms with E-state index in [0.717, 1.165) is 24.4 Å². The first-order chi connectivity index (χ1) is 7.75. The van der Waals surface area contributed by atoms with Crippen molar-refractivity contribution in [3.63, 3.8) is 0 Å². The summed E-state index contributed by atoms with van der Waals surface area (Å²) in [6.45, 7) is 1.12. The Bertz CT molecular complexity index is 518. The van der Waals surface area contributed by atoms with Crippen molar-refractivity contribution < 1.29 is 0 Å². The number of nitrogen functional groups attached to an aromatic ring is 1. The molecule has 1 aliphatic heterocycles. The number of likely N-dealkylation sites (tertiary alicyclic amines) is 1. The topological polar surface area (TPSA) is 59.5 Å². The zero-order valence-electron chi connectivity index (χ0n) is 9.30. The van der Waals surface area contributed by atoms with Gasteiger partial charge in [-0.05, 0) is 38.6 Å². The summed E-state index contributed by atoms with van der Waals surface area (Å²) in [6, 6.07) is 6.02. The smallest absolute Gasteiger partial charge is 0.168 e. The molecular weight excluding hydrogens is 202 g/mol. The van der Waals surface area contributed by atoms with Gasteiger partial charge in [-0.1, -0.05) is 6.07 Å². The van der Waals surface area contributed by atoms with E-state index >= 15 is 0 Å². The van der Waals surface area contributed by atoms with Crippen molar-refractivity contribution in [3.8, 4) is 0 Å². The van der Waals surface area contributed by atoms with Gasteiger partial charge in [0.15, 0.2) is 11.5 Å². The van der Waals surface area contributed by atoms with E-state index < -0.39 is 0 Å². The molecule has 5 heteroatoms. The van der Waals surface area contributed by atoms with Gasteiger partial charge in [0.2, 0.25) is 0 Å². The number of aromatic nitrogens is 3. The molecule has 0 amide bonds. The van der Waals surface area contributed by atoms with Crippen LogP contribution in [0.4, 0.5) is 5.82 Å². The lowest BCUT2D eigenvalue weighted by molar-refractivity contribution is 0.306. The van der Waals surface area contributed by atoms with Crippen LogP contribution < -0.4 is 5.73 Å². The fourth-order valence-electron chi connectivity index (χ4n) is 2.32. The number of rotatable bonds is 1. The molecule has 5 nitrogen and oxygen atoms in total. The monoisotopic (exact) mass is 217 g/mol. The Kier molecular flexibility index (Phi) is 2.07. The average Bonchev–Trinajstić information content (AvgIpc) is 2.84. The molecule has 3 heterocycles. The minimum Gasteiger partial charge on any atom is -0.384 e. The third-order valence-corrected chi connectivity index (χ3v) is 3.22. The minimum atomic E-state index is 0.347. The molecule has 1 atom stereocenters. The number of hydrogen-bond donors (Lipinski definition) is 1. The molecule has 84 valence electrons. The van der Waals surface area contributed by atoms with Gasteiger partial charge in [-0.15, -0.1) is 5.10 Å². The van der Waals surface area contributed by atoms with Crippen molar-refractivity contribution in [3.05, 3.63) is 24.0 Å². The molecule has 0 radical (unpaired) electrons. The van der Waals surface area contributed by atoms with Crippen LogP contribution in [0.25, 0.3) is 5.65 Å². The van der Waals surface area contributed by atoms with Gasteiger partial charge in [0.1, 0.15) is 5.82 Å². The Morgan fingerprint density at radius 1 is 1.44 bits per heavy atom. The van der Waals surface area contributed by atoms with Crippen LogP contribution in [-0.2, 0) is 0 Å². The molecule has 0 bridgehead atoms. The summed E-state index contributed by atoms with van der Waals surface area (Å²) in [6.07, 6.45) is 2.35. The van der Waals surface area contributed by atoms with Crippen molar-refractivity contribution >= 4 is 11.5 Å². The standard InChI is InChI=1S/C11H15N5/c1-15-7-3-4-8(15)11-13-10-6-2-5-9(12)16(10)14-11/h2,5-6,8H,3-4,7,12H2,1H3. The van der Waals surface area contributed by atoms with E-state index in [2.05, 4.69) is 22.0 Å². The average molecular weight is 217 g/mol. The molecule has 1 saturated heterocycles. The Hall–Kier alpha value is -1.62. The fraction of sp³-hybridized carbons (Fsp3) is 0.455. The number of anilines is 1. The first-order valence-electron chi connectivity index (χ1n) is 5.57. The number of nitrogens with zero attached hydrogens (tertiary/aromatic N) is 4. The molecule has 2 aromatic heterocycles. The second-order valence-corrected chi connectivity index (χ2v) is 4.33. The maximum atomic E-state index is 5.85. The zero-order valence-corrected chi connectivity index (χ0v) is 9.30. The summed E-state index contributed by atoms with van der Waals surface area (Å²) >= 11 is 0. The van der Waals surface area contributed by atoms with Crippen LogP contribution >= 0.6 is 0 Å². The van der Waals surface area contributed by atoms with Crippen molar-refractivity contribution in [2.24, 2.45) is 0 Å². The van der Waals surface area contributed by atoms with Gasteiger partial charge in [-0.2, -0.15) is 4.52 Å². The van der Waals surface area contributed by atoms with Gasteiger partial charge in [0.25, 0.3) is 0 Å². The second-order valence-electron chi connectivity index (χ2n) is 4.33. The Morgan fingerprint density at radius 2 is 2.31 bits per heavy atom. The van der Waals surface area contributed by atoms with Gasteiger partial charge in [-0.3, -0.25) is 4.90 Å². The van der Waals surface area contributed by atoms with Crippen LogP contribution in [0, 0.1) is 0 Å². The predicted molar refractivity (Wildman–Crippen MR) is 62.0 cm³/mol. The Balaban J connectivity index is 2.08. The molecule has 16 heavy (non-hydrogen) atoms. The van der Waals surface area contributed by atoms with E-state index in [9.17, 15) is 0 Å². The molecule has 0 aliphatic carbocycles. The number of pyridine rings is 1. The molecule has 0 spiro atoms. The maximum Gasteiger partial charge on any atom is 0.168 e. The molecule has 2 aromatic rings. The van der Waals surface area contributed by atoms with Crippen molar-refractivity contribution in [1.82, 2.24) is 19.5 Å². The van der Waals surface area contributed by atoms with E-state index in [1.165, 1.54) is 6.42 Å². The van der Waals surface area contributed by atoms with Gasteiger partial charge in [-0.25, -0.2) is 4.98 Å². The van der Waals surface area contributed by atoms with Crippen LogP contribution in [0.2, 0.25) is 0 Å². The van der Waals surface area contributed by atoms with Crippen LogP contribution in [0.1, 0.15) is 24.7 Å². The zero-order chi connectivity index (χ0) is 11.1. The number of hydrogen-bond acceptors (Lipinski definition) is 4. The van der Waals surface area contributed by atoms with Crippen molar-refractivity contribution in [1.29, 1.82) is 0 Å². The molecular formula is C11H15N5.